The molecule has 0 aliphatic rings. The van der Waals surface area contributed by atoms with Gasteiger partial charge in [-0.05, 0) is 34.1 Å². The average molecular weight is 235 g/mol. The molecule has 0 atom stereocenters. The summed E-state index contributed by atoms with van der Waals surface area (Å²) < 4.78 is 24.6. The maximum absolute atomic E-state index is 12.6. The fraction of sp³-hybridized carbons (Fsp3) is 0.125. The molecule has 1 nitrogen and oxygen atoms in total. The van der Waals surface area contributed by atoms with Crippen molar-refractivity contribution < 1.29 is 13.6 Å². The van der Waals surface area contributed by atoms with Crippen LogP contribution >= 0.6 is 15.9 Å². The van der Waals surface area contributed by atoms with Crippen molar-refractivity contribution in [2.24, 2.45) is 0 Å². The van der Waals surface area contributed by atoms with Gasteiger partial charge in [0.15, 0.2) is 12.5 Å². The highest BCUT2D eigenvalue weighted by molar-refractivity contribution is 9.10. The number of rotatable bonds is 2. The zero-order valence-corrected chi connectivity index (χ0v) is 7.57. The quantitative estimate of drug-likeness (QED) is 0.720. The minimum atomic E-state index is -1.06. The van der Waals surface area contributed by atoms with Crippen molar-refractivity contribution in [1.29, 1.82) is 0 Å². The summed E-state index contributed by atoms with van der Waals surface area (Å²) in [6.45, 7) is -1.06. The van der Waals surface area contributed by atoms with Crippen molar-refractivity contribution in [2.75, 3.05) is 6.67 Å². The van der Waals surface area contributed by atoms with Crippen LogP contribution in [0.1, 0.15) is 10.4 Å². The molecular formula is C8H5BrF2O. The van der Waals surface area contributed by atoms with Crippen LogP contribution in [0.4, 0.5) is 8.78 Å². The number of hydrogen-bond acceptors (Lipinski definition) is 1. The number of Topliss-reactive ketones (excluding diaryl/α,β-unsaturated/α-hetero) is 1. The van der Waals surface area contributed by atoms with Gasteiger partial charge in [-0.3, -0.25) is 4.79 Å². The van der Waals surface area contributed by atoms with E-state index in [4.69, 9.17) is 0 Å². The molecule has 0 saturated heterocycles. The van der Waals surface area contributed by atoms with Gasteiger partial charge in [0.25, 0.3) is 0 Å². The molecule has 0 fully saturated rings. The highest BCUT2D eigenvalue weighted by atomic mass is 79.9. The highest BCUT2D eigenvalue weighted by Gasteiger charge is 2.07. The monoisotopic (exact) mass is 234 g/mol. The molecule has 1 aromatic carbocycles. The van der Waals surface area contributed by atoms with E-state index in [1.165, 1.54) is 12.1 Å². The Morgan fingerprint density at radius 3 is 2.67 bits per heavy atom. The molecule has 0 radical (unpaired) electrons. The molecule has 1 aromatic rings. The molecule has 0 aliphatic carbocycles. The van der Waals surface area contributed by atoms with Crippen LogP contribution in [0.25, 0.3) is 0 Å². The molecule has 0 amide bonds. The predicted molar refractivity (Wildman–Crippen MR) is 44.4 cm³/mol. The third kappa shape index (κ3) is 1.88. The second-order valence-corrected chi connectivity index (χ2v) is 3.04. The molecule has 4 heteroatoms. The van der Waals surface area contributed by atoms with Crippen molar-refractivity contribution >= 4 is 21.7 Å². The molecule has 0 unspecified atom stereocenters. The predicted octanol–water partition coefficient (Wildman–Crippen LogP) is 2.74. The molecule has 0 spiro atoms. The minimum absolute atomic E-state index is 0.168. The zero-order chi connectivity index (χ0) is 9.14. The summed E-state index contributed by atoms with van der Waals surface area (Å²) in [5, 5.41) is 0. The molecule has 0 N–H and O–H groups in total. The van der Waals surface area contributed by atoms with Crippen LogP contribution in [-0.4, -0.2) is 12.5 Å². The summed E-state index contributed by atoms with van der Waals surface area (Å²) in [7, 11) is 0. The Kier molecular flexibility index (Phi) is 2.92. The van der Waals surface area contributed by atoms with Gasteiger partial charge in [0.05, 0.1) is 4.47 Å². The van der Waals surface area contributed by atoms with E-state index in [9.17, 15) is 13.6 Å². The lowest BCUT2D eigenvalue weighted by Crippen LogP contribution is -2.00. The van der Waals surface area contributed by atoms with Crippen molar-refractivity contribution in [3.05, 3.63) is 34.1 Å². The second kappa shape index (κ2) is 3.76. The van der Waals surface area contributed by atoms with Gasteiger partial charge in [-0.2, -0.15) is 0 Å². The van der Waals surface area contributed by atoms with Gasteiger partial charge in [-0.1, -0.05) is 0 Å². The molecule has 0 bridgehead atoms. The van der Waals surface area contributed by atoms with Gasteiger partial charge >= 0.3 is 0 Å². The van der Waals surface area contributed by atoms with Gasteiger partial charge in [-0.25, -0.2) is 8.78 Å². The van der Waals surface area contributed by atoms with Crippen LogP contribution in [0.5, 0.6) is 0 Å². The maximum Gasteiger partial charge on any atom is 0.193 e. The molecule has 1 rings (SSSR count). The van der Waals surface area contributed by atoms with Gasteiger partial charge in [0, 0.05) is 5.56 Å². The first-order chi connectivity index (χ1) is 5.65. The largest absolute Gasteiger partial charge is 0.291 e. The number of halogens is 3. The van der Waals surface area contributed by atoms with E-state index >= 15 is 0 Å². The molecule has 0 aliphatic heterocycles. The van der Waals surface area contributed by atoms with E-state index in [1.54, 1.807) is 0 Å². The number of alkyl halides is 1. The Hall–Kier alpha value is -0.770. The van der Waals surface area contributed by atoms with E-state index in [0.29, 0.717) is 0 Å². The normalized spacial score (nSPS) is 9.92. The summed E-state index contributed by atoms with van der Waals surface area (Å²) >= 11 is 2.89. The fourth-order valence-electron chi connectivity index (χ4n) is 0.747. The average Bonchev–Trinajstić information content (AvgIpc) is 2.08. The Morgan fingerprint density at radius 2 is 2.17 bits per heavy atom. The van der Waals surface area contributed by atoms with Crippen LogP contribution in [0.2, 0.25) is 0 Å². The van der Waals surface area contributed by atoms with E-state index < -0.39 is 18.3 Å². The third-order valence-corrected chi connectivity index (χ3v) is 1.97. The smallest absolute Gasteiger partial charge is 0.193 e. The third-order valence-electron chi connectivity index (χ3n) is 1.36. The van der Waals surface area contributed by atoms with Crippen LogP contribution in [0.3, 0.4) is 0 Å². The molecule has 64 valence electrons. The van der Waals surface area contributed by atoms with Crippen LogP contribution in [0.15, 0.2) is 22.7 Å². The number of ketones is 1. The summed E-state index contributed by atoms with van der Waals surface area (Å²) in [6.07, 6.45) is 0. The number of carbonyl (C=O) groups excluding carboxylic acids is 1. The summed E-state index contributed by atoms with van der Waals surface area (Å²) in [5.41, 5.74) is 0.172. The lowest BCUT2D eigenvalue weighted by atomic mass is 10.1. The Bertz CT molecular complexity index is 312. The van der Waals surface area contributed by atoms with Gasteiger partial charge in [0.1, 0.15) is 5.82 Å². The molecule has 0 heterocycles. The lowest BCUT2D eigenvalue weighted by molar-refractivity contribution is 0.0958. The topological polar surface area (TPSA) is 17.1 Å². The van der Waals surface area contributed by atoms with E-state index in [2.05, 4.69) is 15.9 Å². The number of benzene rings is 1. The summed E-state index contributed by atoms with van der Waals surface area (Å²) in [5.74, 6) is -1.11. The van der Waals surface area contributed by atoms with Crippen molar-refractivity contribution in [1.82, 2.24) is 0 Å². The molecular weight excluding hydrogens is 230 g/mol. The van der Waals surface area contributed by atoms with E-state index in [1.807, 2.05) is 0 Å². The molecule has 0 saturated carbocycles. The Morgan fingerprint density at radius 1 is 1.50 bits per heavy atom. The molecule has 0 aromatic heterocycles. The zero-order valence-electron chi connectivity index (χ0n) is 5.98. The van der Waals surface area contributed by atoms with Gasteiger partial charge in [-0.15, -0.1) is 0 Å². The van der Waals surface area contributed by atoms with Crippen LogP contribution in [-0.2, 0) is 0 Å². The van der Waals surface area contributed by atoms with Crippen LogP contribution in [0, 0.1) is 5.82 Å². The Labute approximate surface area is 76.5 Å². The fourth-order valence-corrected chi connectivity index (χ4v) is 1.13. The SMILES string of the molecule is O=C(CF)c1ccc(F)c(Br)c1. The minimum Gasteiger partial charge on any atom is -0.291 e. The van der Waals surface area contributed by atoms with Crippen molar-refractivity contribution in [3.63, 3.8) is 0 Å². The Balaban J connectivity index is 3.05. The van der Waals surface area contributed by atoms with Crippen molar-refractivity contribution in [3.8, 4) is 0 Å². The summed E-state index contributed by atoms with van der Waals surface area (Å²) in [6, 6.07) is 3.63. The maximum atomic E-state index is 12.6. The second-order valence-electron chi connectivity index (χ2n) is 2.19. The standard InChI is InChI=1S/C8H5BrF2O/c9-6-3-5(8(12)4-10)1-2-7(6)11/h1-3H,4H2. The van der Waals surface area contributed by atoms with Gasteiger partial charge in [0.2, 0.25) is 0 Å². The number of carbonyl (C=O) groups is 1. The first-order valence-electron chi connectivity index (χ1n) is 3.19. The van der Waals surface area contributed by atoms with Crippen molar-refractivity contribution in [2.45, 2.75) is 0 Å². The first kappa shape index (κ1) is 9.32. The summed E-state index contributed by atoms with van der Waals surface area (Å²) in [4.78, 5) is 10.8. The van der Waals surface area contributed by atoms with E-state index in [-0.39, 0.29) is 10.0 Å². The lowest BCUT2D eigenvalue weighted by Gasteiger charge is -1.97. The first-order valence-corrected chi connectivity index (χ1v) is 3.98. The molecule has 12 heavy (non-hydrogen) atoms. The number of hydrogen-bond donors (Lipinski definition) is 0. The van der Waals surface area contributed by atoms with E-state index in [0.717, 1.165) is 6.07 Å². The van der Waals surface area contributed by atoms with Crippen LogP contribution < -0.4 is 0 Å². The van der Waals surface area contributed by atoms with Gasteiger partial charge < -0.3 is 0 Å². The highest BCUT2D eigenvalue weighted by Crippen LogP contribution is 2.17.